The molecule has 0 atom stereocenters. The Hall–Kier alpha value is -1.52. The van der Waals surface area contributed by atoms with Crippen LogP contribution in [0.25, 0.3) is 11.0 Å². The smallest absolute Gasteiger partial charge is 0.144 e. The van der Waals surface area contributed by atoms with Crippen LogP contribution < -0.4 is 0 Å². The van der Waals surface area contributed by atoms with Crippen molar-refractivity contribution in [3.63, 3.8) is 0 Å². The third kappa shape index (κ3) is 2.30. The van der Waals surface area contributed by atoms with Gasteiger partial charge in [-0.3, -0.25) is 0 Å². The number of nitrogens with zero attached hydrogens (tertiary/aromatic N) is 2. The molecule has 0 fully saturated rings. The predicted molar refractivity (Wildman–Crippen MR) is 76.8 cm³/mol. The lowest BCUT2D eigenvalue weighted by molar-refractivity contribution is 0.470. The van der Waals surface area contributed by atoms with E-state index in [1.165, 1.54) is 6.07 Å². The first-order valence-electron chi connectivity index (χ1n) is 6.04. The van der Waals surface area contributed by atoms with Gasteiger partial charge in [-0.05, 0) is 25.1 Å². The Kier molecular flexibility index (Phi) is 3.44. The van der Waals surface area contributed by atoms with Crippen molar-refractivity contribution in [3.8, 4) is 0 Å². The van der Waals surface area contributed by atoms with E-state index >= 15 is 0 Å². The van der Waals surface area contributed by atoms with E-state index in [1.807, 2.05) is 23.6 Å². The zero-order chi connectivity index (χ0) is 14.3. The minimum atomic E-state index is -0.487. The molecule has 2 heterocycles. The molecule has 1 aromatic carbocycles. The first-order chi connectivity index (χ1) is 9.58. The minimum absolute atomic E-state index is 0.0652. The molecule has 0 saturated carbocycles. The molecule has 0 bridgehead atoms. The summed E-state index contributed by atoms with van der Waals surface area (Å²) in [5, 5.41) is 0.0652. The number of aromatic nitrogens is 2. The highest BCUT2D eigenvalue weighted by Crippen LogP contribution is 2.25. The van der Waals surface area contributed by atoms with Crippen LogP contribution in [0.5, 0.6) is 0 Å². The number of rotatable bonds is 3. The molecule has 0 radical (unpaired) electrons. The van der Waals surface area contributed by atoms with Crippen molar-refractivity contribution in [2.24, 2.45) is 0 Å². The highest BCUT2D eigenvalue weighted by molar-refractivity contribution is 6.31. The molecule has 0 aliphatic carbocycles. The molecule has 3 aromatic rings. The third-order valence-electron chi connectivity index (χ3n) is 3.10. The van der Waals surface area contributed by atoms with Gasteiger partial charge < -0.3 is 8.98 Å². The number of benzene rings is 1. The van der Waals surface area contributed by atoms with E-state index in [4.69, 9.17) is 27.6 Å². The molecule has 0 aliphatic heterocycles. The number of aryl methyl sites for hydroxylation is 1. The van der Waals surface area contributed by atoms with Gasteiger partial charge in [0.15, 0.2) is 0 Å². The average Bonchev–Trinajstić information content (AvgIpc) is 2.96. The van der Waals surface area contributed by atoms with Gasteiger partial charge in [0.1, 0.15) is 23.2 Å². The second-order valence-corrected chi connectivity index (χ2v) is 5.19. The van der Waals surface area contributed by atoms with Gasteiger partial charge in [-0.25, -0.2) is 9.37 Å². The van der Waals surface area contributed by atoms with Crippen molar-refractivity contribution in [2.75, 3.05) is 0 Å². The number of fused-ring (bicyclic) bond motifs is 1. The number of furan rings is 1. The third-order valence-corrected chi connectivity index (χ3v) is 3.63. The summed E-state index contributed by atoms with van der Waals surface area (Å²) in [6, 6.07) is 6.66. The SMILES string of the molecule is Cc1ccc(Cn2c(CCl)nc3cc(F)c(Cl)cc32)o1. The van der Waals surface area contributed by atoms with Gasteiger partial charge in [-0.1, -0.05) is 11.6 Å². The maximum atomic E-state index is 13.5. The van der Waals surface area contributed by atoms with E-state index < -0.39 is 5.82 Å². The van der Waals surface area contributed by atoms with E-state index in [2.05, 4.69) is 4.98 Å². The van der Waals surface area contributed by atoms with E-state index in [-0.39, 0.29) is 10.9 Å². The van der Waals surface area contributed by atoms with Gasteiger partial charge in [0.05, 0.1) is 28.5 Å². The van der Waals surface area contributed by atoms with Crippen LogP contribution in [0.1, 0.15) is 17.3 Å². The molecule has 3 nitrogen and oxygen atoms in total. The fourth-order valence-corrected chi connectivity index (χ4v) is 2.54. The molecule has 0 N–H and O–H groups in total. The lowest BCUT2D eigenvalue weighted by Gasteiger charge is -2.06. The highest BCUT2D eigenvalue weighted by Gasteiger charge is 2.14. The molecule has 0 saturated heterocycles. The van der Waals surface area contributed by atoms with Crippen molar-refractivity contribution < 1.29 is 8.81 Å². The van der Waals surface area contributed by atoms with Crippen LogP contribution in [-0.4, -0.2) is 9.55 Å². The molecular weight excluding hydrogens is 302 g/mol. The second-order valence-electron chi connectivity index (χ2n) is 4.52. The number of hydrogen-bond acceptors (Lipinski definition) is 2. The topological polar surface area (TPSA) is 31.0 Å². The predicted octanol–water partition coefficient (Wildman–Crippen LogP) is 4.52. The van der Waals surface area contributed by atoms with Gasteiger partial charge >= 0.3 is 0 Å². The summed E-state index contributed by atoms with van der Waals surface area (Å²) in [6.45, 7) is 2.36. The van der Waals surface area contributed by atoms with Gasteiger partial charge in [-0.2, -0.15) is 0 Å². The summed E-state index contributed by atoms with van der Waals surface area (Å²) in [5.41, 5.74) is 1.27. The lowest BCUT2D eigenvalue weighted by Crippen LogP contribution is -2.03. The average molecular weight is 313 g/mol. The number of halogens is 3. The fraction of sp³-hybridized carbons (Fsp3) is 0.214. The zero-order valence-electron chi connectivity index (χ0n) is 10.7. The van der Waals surface area contributed by atoms with Crippen molar-refractivity contribution in [2.45, 2.75) is 19.3 Å². The minimum Gasteiger partial charge on any atom is -0.464 e. The van der Waals surface area contributed by atoms with Gasteiger partial charge in [-0.15, -0.1) is 11.6 Å². The molecular formula is C14H11Cl2FN2O. The van der Waals surface area contributed by atoms with Crippen molar-refractivity contribution >= 4 is 34.2 Å². The Balaban J connectivity index is 2.14. The molecule has 6 heteroatoms. The van der Waals surface area contributed by atoms with Crippen LogP contribution in [0.15, 0.2) is 28.7 Å². The Morgan fingerprint density at radius 3 is 2.80 bits per heavy atom. The van der Waals surface area contributed by atoms with Crippen molar-refractivity contribution in [1.82, 2.24) is 9.55 Å². The van der Waals surface area contributed by atoms with E-state index in [0.29, 0.717) is 17.9 Å². The maximum Gasteiger partial charge on any atom is 0.144 e. The first kappa shape index (κ1) is 13.5. The summed E-state index contributed by atoms with van der Waals surface area (Å²) in [5.74, 6) is 2.01. The quantitative estimate of drug-likeness (QED) is 0.666. The van der Waals surface area contributed by atoms with Crippen LogP contribution in [0.4, 0.5) is 4.39 Å². The second kappa shape index (κ2) is 5.11. The summed E-state index contributed by atoms with van der Waals surface area (Å²) in [7, 11) is 0. The van der Waals surface area contributed by atoms with Crippen LogP contribution in [-0.2, 0) is 12.4 Å². The van der Waals surface area contributed by atoms with Crippen LogP contribution in [0.3, 0.4) is 0 Å². The molecule has 0 spiro atoms. The maximum absolute atomic E-state index is 13.5. The van der Waals surface area contributed by atoms with E-state index in [9.17, 15) is 4.39 Å². The molecule has 3 rings (SSSR count). The summed E-state index contributed by atoms with van der Waals surface area (Å²) in [4.78, 5) is 4.33. The van der Waals surface area contributed by atoms with E-state index in [0.717, 1.165) is 17.0 Å². The lowest BCUT2D eigenvalue weighted by atomic mass is 10.3. The molecule has 20 heavy (non-hydrogen) atoms. The Labute approximate surface area is 124 Å². The molecule has 0 unspecified atom stereocenters. The number of imidazole rings is 1. The Bertz CT molecular complexity index is 779. The summed E-state index contributed by atoms with van der Waals surface area (Å²) >= 11 is 11.8. The van der Waals surface area contributed by atoms with Crippen LogP contribution >= 0.6 is 23.2 Å². The first-order valence-corrected chi connectivity index (χ1v) is 6.95. The Morgan fingerprint density at radius 1 is 1.35 bits per heavy atom. The highest BCUT2D eigenvalue weighted by atomic mass is 35.5. The van der Waals surface area contributed by atoms with Crippen molar-refractivity contribution in [1.29, 1.82) is 0 Å². The standard InChI is InChI=1S/C14H11Cl2FN2O/c1-8-2-3-9(20-8)7-19-13-4-10(16)11(17)5-12(13)18-14(19)6-15/h2-5H,6-7H2,1H3. The van der Waals surface area contributed by atoms with Gasteiger partial charge in [0, 0.05) is 6.07 Å². The Morgan fingerprint density at radius 2 is 2.15 bits per heavy atom. The molecule has 2 aromatic heterocycles. The normalized spacial score (nSPS) is 11.4. The summed E-state index contributed by atoms with van der Waals surface area (Å²) in [6.07, 6.45) is 0. The molecule has 104 valence electrons. The van der Waals surface area contributed by atoms with Gasteiger partial charge in [0.2, 0.25) is 0 Å². The van der Waals surface area contributed by atoms with Gasteiger partial charge in [0.25, 0.3) is 0 Å². The molecule has 0 amide bonds. The number of hydrogen-bond donors (Lipinski definition) is 0. The monoisotopic (exact) mass is 312 g/mol. The van der Waals surface area contributed by atoms with Crippen LogP contribution in [0.2, 0.25) is 5.02 Å². The summed E-state index contributed by atoms with van der Waals surface area (Å²) < 4.78 is 20.9. The molecule has 0 aliphatic rings. The zero-order valence-corrected chi connectivity index (χ0v) is 12.2. The number of alkyl halides is 1. The van der Waals surface area contributed by atoms with E-state index in [1.54, 1.807) is 6.07 Å². The van der Waals surface area contributed by atoms with Crippen LogP contribution in [0, 0.1) is 12.7 Å². The largest absolute Gasteiger partial charge is 0.464 e. The fourth-order valence-electron chi connectivity index (χ4n) is 2.17. The van der Waals surface area contributed by atoms with Crippen molar-refractivity contribution in [3.05, 3.63) is 52.5 Å².